The molecule has 0 fully saturated rings. The molecule has 1 heterocycles. The highest BCUT2D eigenvalue weighted by Crippen LogP contribution is 2.31. The third-order valence-corrected chi connectivity index (χ3v) is 3.86. The van der Waals surface area contributed by atoms with Crippen LogP contribution in [0.5, 0.6) is 0 Å². The molecule has 1 aromatic heterocycles. The van der Waals surface area contributed by atoms with E-state index in [9.17, 15) is 4.39 Å². The van der Waals surface area contributed by atoms with Gasteiger partial charge in [0.05, 0.1) is 16.5 Å². The summed E-state index contributed by atoms with van der Waals surface area (Å²) in [4.78, 5) is 4.71. The first-order chi connectivity index (χ1) is 8.22. The Morgan fingerprint density at radius 3 is 2.94 bits per heavy atom. The smallest absolute Gasteiger partial charge is 0.174 e. The Hall–Kier alpha value is -1.45. The summed E-state index contributed by atoms with van der Waals surface area (Å²) in [6.07, 6.45) is 0.771. The standard InChI is InChI=1S/C11H8FN3S2/c1-2-10-14-11(17-15-10)16-9-4-3-7(6-13)5-8(9)12/h3-5H,2H2,1H3. The minimum absolute atomic E-state index is 0.318. The summed E-state index contributed by atoms with van der Waals surface area (Å²) in [5, 5.41) is 8.63. The molecule has 0 N–H and O–H groups in total. The van der Waals surface area contributed by atoms with Crippen molar-refractivity contribution in [1.82, 2.24) is 9.36 Å². The number of hydrogen-bond donors (Lipinski definition) is 0. The van der Waals surface area contributed by atoms with E-state index < -0.39 is 5.82 Å². The molecule has 0 bridgehead atoms. The molecule has 0 radical (unpaired) electrons. The van der Waals surface area contributed by atoms with Crippen LogP contribution in [-0.2, 0) is 6.42 Å². The number of hydrogen-bond acceptors (Lipinski definition) is 5. The van der Waals surface area contributed by atoms with Gasteiger partial charge in [0.1, 0.15) is 11.6 Å². The number of aryl methyl sites for hydroxylation is 1. The highest BCUT2D eigenvalue weighted by atomic mass is 32.2. The van der Waals surface area contributed by atoms with Gasteiger partial charge in [-0.3, -0.25) is 0 Å². The van der Waals surface area contributed by atoms with E-state index in [1.165, 1.54) is 29.4 Å². The molecule has 3 nitrogen and oxygen atoms in total. The number of rotatable bonds is 3. The van der Waals surface area contributed by atoms with Crippen LogP contribution < -0.4 is 0 Å². The number of halogens is 1. The molecule has 0 atom stereocenters. The minimum atomic E-state index is -0.401. The fourth-order valence-electron chi connectivity index (χ4n) is 1.17. The molecule has 0 saturated carbocycles. The summed E-state index contributed by atoms with van der Waals surface area (Å²) in [5.41, 5.74) is 0.318. The van der Waals surface area contributed by atoms with Crippen LogP contribution in [0.15, 0.2) is 27.4 Å². The molecule has 0 aliphatic rings. The highest BCUT2D eigenvalue weighted by molar-refractivity contribution is 8.01. The Kier molecular flexibility index (Phi) is 3.71. The molecule has 6 heteroatoms. The summed E-state index contributed by atoms with van der Waals surface area (Å²) in [5.74, 6) is 0.369. The van der Waals surface area contributed by atoms with E-state index >= 15 is 0 Å². The van der Waals surface area contributed by atoms with Crippen molar-refractivity contribution in [1.29, 1.82) is 5.26 Å². The van der Waals surface area contributed by atoms with Gasteiger partial charge in [0.15, 0.2) is 4.34 Å². The normalized spacial score (nSPS) is 10.2. The van der Waals surface area contributed by atoms with Crippen molar-refractivity contribution in [3.05, 3.63) is 35.4 Å². The van der Waals surface area contributed by atoms with Crippen LogP contribution >= 0.6 is 23.3 Å². The highest BCUT2D eigenvalue weighted by Gasteiger charge is 2.09. The van der Waals surface area contributed by atoms with Crippen LogP contribution in [0, 0.1) is 17.1 Å². The van der Waals surface area contributed by atoms with E-state index in [0.29, 0.717) is 14.8 Å². The van der Waals surface area contributed by atoms with E-state index in [1.54, 1.807) is 12.1 Å². The van der Waals surface area contributed by atoms with Crippen molar-refractivity contribution in [2.75, 3.05) is 0 Å². The van der Waals surface area contributed by atoms with E-state index in [0.717, 1.165) is 12.2 Å². The van der Waals surface area contributed by atoms with Gasteiger partial charge in [0, 0.05) is 6.42 Å². The second-order valence-corrected chi connectivity index (χ2v) is 5.23. The molecule has 0 saturated heterocycles. The minimum Gasteiger partial charge on any atom is -0.213 e. The summed E-state index contributed by atoms with van der Waals surface area (Å²) < 4.78 is 18.4. The van der Waals surface area contributed by atoms with Gasteiger partial charge in [0.25, 0.3) is 0 Å². The van der Waals surface area contributed by atoms with Crippen molar-refractivity contribution >= 4 is 23.3 Å². The van der Waals surface area contributed by atoms with Gasteiger partial charge >= 0.3 is 0 Å². The van der Waals surface area contributed by atoms with E-state index in [1.807, 2.05) is 13.0 Å². The first-order valence-electron chi connectivity index (χ1n) is 4.93. The fourth-order valence-corrected chi connectivity index (χ4v) is 2.83. The van der Waals surface area contributed by atoms with E-state index in [-0.39, 0.29) is 0 Å². The predicted octanol–water partition coefficient (Wildman–Crippen LogP) is 3.26. The van der Waals surface area contributed by atoms with Gasteiger partial charge in [0.2, 0.25) is 0 Å². The summed E-state index contributed by atoms with van der Waals surface area (Å²) >= 11 is 2.49. The van der Waals surface area contributed by atoms with Crippen molar-refractivity contribution in [3.8, 4) is 6.07 Å². The van der Waals surface area contributed by atoms with Gasteiger partial charge in [-0.05, 0) is 29.7 Å². The summed E-state index contributed by atoms with van der Waals surface area (Å²) in [6, 6.07) is 6.30. The second-order valence-electron chi connectivity index (χ2n) is 3.19. The number of benzene rings is 1. The predicted molar refractivity (Wildman–Crippen MR) is 64.5 cm³/mol. The zero-order chi connectivity index (χ0) is 12.3. The quantitative estimate of drug-likeness (QED) is 0.854. The van der Waals surface area contributed by atoms with Crippen LogP contribution in [0.2, 0.25) is 0 Å². The molecular formula is C11H8FN3S2. The van der Waals surface area contributed by atoms with Gasteiger partial charge in [-0.2, -0.15) is 9.64 Å². The molecule has 0 aliphatic heterocycles. The Labute approximate surface area is 106 Å². The van der Waals surface area contributed by atoms with Crippen molar-refractivity contribution in [2.24, 2.45) is 0 Å². The third-order valence-electron chi connectivity index (χ3n) is 2.02. The Morgan fingerprint density at radius 1 is 1.53 bits per heavy atom. The zero-order valence-corrected chi connectivity index (χ0v) is 10.6. The molecule has 0 amide bonds. The maximum Gasteiger partial charge on any atom is 0.174 e. The number of nitriles is 1. The van der Waals surface area contributed by atoms with Gasteiger partial charge < -0.3 is 0 Å². The van der Waals surface area contributed by atoms with Crippen LogP contribution in [0.1, 0.15) is 18.3 Å². The molecule has 0 unspecified atom stereocenters. The molecular weight excluding hydrogens is 257 g/mol. The van der Waals surface area contributed by atoms with E-state index in [2.05, 4.69) is 9.36 Å². The second kappa shape index (κ2) is 5.25. The van der Waals surface area contributed by atoms with Gasteiger partial charge in [-0.15, -0.1) is 0 Å². The Bertz CT molecular complexity index is 574. The molecule has 2 aromatic rings. The maximum absolute atomic E-state index is 13.6. The lowest BCUT2D eigenvalue weighted by atomic mass is 10.2. The summed E-state index contributed by atoms with van der Waals surface area (Å²) in [7, 11) is 0. The molecule has 0 spiro atoms. The maximum atomic E-state index is 13.6. The first kappa shape index (κ1) is 12.0. The average molecular weight is 265 g/mol. The molecule has 17 heavy (non-hydrogen) atoms. The largest absolute Gasteiger partial charge is 0.213 e. The van der Waals surface area contributed by atoms with Crippen LogP contribution in [0.4, 0.5) is 4.39 Å². The molecule has 0 aliphatic carbocycles. The van der Waals surface area contributed by atoms with Crippen molar-refractivity contribution in [3.63, 3.8) is 0 Å². The summed E-state index contributed by atoms with van der Waals surface area (Å²) in [6.45, 7) is 1.97. The van der Waals surface area contributed by atoms with Crippen LogP contribution in [-0.4, -0.2) is 9.36 Å². The number of aromatic nitrogens is 2. The van der Waals surface area contributed by atoms with Gasteiger partial charge in [-0.1, -0.05) is 18.7 Å². The van der Waals surface area contributed by atoms with Gasteiger partial charge in [-0.25, -0.2) is 9.37 Å². The molecule has 2 rings (SSSR count). The van der Waals surface area contributed by atoms with E-state index in [4.69, 9.17) is 5.26 Å². The average Bonchev–Trinajstić information content (AvgIpc) is 2.79. The number of nitrogens with zero attached hydrogens (tertiary/aromatic N) is 3. The Morgan fingerprint density at radius 2 is 2.35 bits per heavy atom. The fraction of sp³-hybridized carbons (Fsp3) is 0.182. The first-order valence-corrected chi connectivity index (χ1v) is 6.52. The SMILES string of the molecule is CCc1nsc(Sc2ccc(C#N)cc2F)n1. The van der Waals surface area contributed by atoms with Crippen molar-refractivity contribution in [2.45, 2.75) is 22.6 Å². The van der Waals surface area contributed by atoms with Crippen molar-refractivity contribution < 1.29 is 4.39 Å². The van der Waals surface area contributed by atoms with Crippen LogP contribution in [0.3, 0.4) is 0 Å². The third kappa shape index (κ3) is 2.81. The Balaban J connectivity index is 2.21. The lowest BCUT2D eigenvalue weighted by molar-refractivity contribution is 0.601. The topological polar surface area (TPSA) is 49.6 Å². The molecule has 86 valence electrons. The lowest BCUT2D eigenvalue weighted by Gasteiger charge is -1.99. The lowest BCUT2D eigenvalue weighted by Crippen LogP contribution is -1.84. The monoisotopic (exact) mass is 265 g/mol. The van der Waals surface area contributed by atoms with Crippen LogP contribution in [0.25, 0.3) is 0 Å². The zero-order valence-electron chi connectivity index (χ0n) is 8.98. The molecule has 1 aromatic carbocycles.